The Morgan fingerprint density at radius 2 is 2.00 bits per heavy atom. The largest absolute Gasteiger partial charge is 0.455 e. The summed E-state index contributed by atoms with van der Waals surface area (Å²) in [6.07, 6.45) is 2.92. The number of carbonyl (C=O) groups is 1. The van der Waals surface area contributed by atoms with Crippen LogP contribution in [0.3, 0.4) is 0 Å². The summed E-state index contributed by atoms with van der Waals surface area (Å²) in [7, 11) is 0. The van der Waals surface area contributed by atoms with E-state index in [4.69, 9.17) is 10.5 Å². The van der Waals surface area contributed by atoms with Crippen LogP contribution in [0.15, 0.2) is 42.0 Å². The number of carbonyl (C=O) groups excluding carboxylic acids is 1. The van der Waals surface area contributed by atoms with E-state index in [2.05, 4.69) is 0 Å². The summed E-state index contributed by atoms with van der Waals surface area (Å²) in [6, 6.07) is 10.1. The number of benzene rings is 1. The molecule has 1 aliphatic heterocycles. The van der Waals surface area contributed by atoms with Gasteiger partial charge < -0.3 is 10.5 Å². The van der Waals surface area contributed by atoms with Gasteiger partial charge in [-0.15, -0.1) is 0 Å². The minimum atomic E-state index is -0.246. The van der Waals surface area contributed by atoms with Gasteiger partial charge in [-0.25, -0.2) is 4.79 Å². The molecule has 1 aliphatic rings. The third-order valence-corrected chi connectivity index (χ3v) is 2.66. The number of esters is 1. The van der Waals surface area contributed by atoms with Gasteiger partial charge in [0.25, 0.3) is 0 Å². The topological polar surface area (TPSA) is 52.3 Å². The number of ether oxygens (including phenoxy) is 1. The highest BCUT2D eigenvalue weighted by molar-refractivity contribution is 5.86. The van der Waals surface area contributed by atoms with Gasteiger partial charge in [0.2, 0.25) is 0 Å². The van der Waals surface area contributed by atoms with Crippen molar-refractivity contribution in [3.8, 4) is 0 Å². The molecule has 0 spiro atoms. The first-order valence-electron chi connectivity index (χ1n) is 5.44. The zero-order chi connectivity index (χ0) is 11.4. The lowest BCUT2D eigenvalue weighted by atomic mass is 9.99. The van der Waals surface area contributed by atoms with Gasteiger partial charge >= 0.3 is 5.97 Å². The Balaban J connectivity index is 2.08. The standard InChI is InChI=1S/C13H15NO2/c14-7-6-12-11(9-13(15)16-12)8-10-4-2-1-3-5-10/h1-5,9,12H,6-8,14H2. The van der Waals surface area contributed by atoms with Gasteiger partial charge in [0, 0.05) is 12.5 Å². The monoisotopic (exact) mass is 217 g/mol. The van der Waals surface area contributed by atoms with Crippen molar-refractivity contribution in [1.29, 1.82) is 0 Å². The van der Waals surface area contributed by atoms with Crippen molar-refractivity contribution in [2.24, 2.45) is 5.73 Å². The molecule has 0 aromatic heterocycles. The maximum Gasteiger partial charge on any atom is 0.331 e. The maximum absolute atomic E-state index is 11.2. The van der Waals surface area contributed by atoms with Crippen LogP contribution in [0.4, 0.5) is 0 Å². The van der Waals surface area contributed by atoms with E-state index in [1.165, 1.54) is 5.56 Å². The molecule has 2 rings (SSSR count). The fourth-order valence-electron chi connectivity index (χ4n) is 1.89. The molecule has 0 fully saturated rings. The van der Waals surface area contributed by atoms with Gasteiger partial charge in [0.1, 0.15) is 6.10 Å². The Labute approximate surface area is 94.9 Å². The summed E-state index contributed by atoms with van der Waals surface area (Å²) >= 11 is 0. The lowest BCUT2D eigenvalue weighted by molar-refractivity contribution is -0.138. The highest BCUT2D eigenvalue weighted by atomic mass is 16.5. The average molecular weight is 217 g/mol. The minimum absolute atomic E-state index is 0.127. The molecule has 1 atom stereocenters. The van der Waals surface area contributed by atoms with Crippen molar-refractivity contribution in [3.05, 3.63) is 47.5 Å². The van der Waals surface area contributed by atoms with E-state index < -0.39 is 0 Å². The molecule has 3 nitrogen and oxygen atoms in total. The van der Waals surface area contributed by atoms with Crippen LogP contribution in [-0.4, -0.2) is 18.6 Å². The van der Waals surface area contributed by atoms with E-state index in [1.807, 2.05) is 30.3 Å². The molecule has 1 aromatic carbocycles. The van der Waals surface area contributed by atoms with Crippen LogP contribution in [0.25, 0.3) is 0 Å². The second-order valence-corrected chi connectivity index (χ2v) is 3.88. The van der Waals surface area contributed by atoms with Crippen LogP contribution in [-0.2, 0) is 16.0 Å². The van der Waals surface area contributed by atoms with E-state index in [0.29, 0.717) is 13.0 Å². The lowest BCUT2D eigenvalue weighted by Crippen LogP contribution is -2.17. The number of rotatable bonds is 4. The molecule has 2 N–H and O–H groups in total. The number of hydrogen-bond acceptors (Lipinski definition) is 3. The summed E-state index contributed by atoms with van der Waals surface area (Å²) < 4.78 is 5.18. The Hall–Kier alpha value is -1.61. The summed E-state index contributed by atoms with van der Waals surface area (Å²) in [4.78, 5) is 11.2. The molecule has 1 heterocycles. The summed E-state index contributed by atoms with van der Waals surface area (Å²) in [5, 5.41) is 0. The Bertz CT molecular complexity index is 398. The molecule has 84 valence electrons. The highest BCUT2D eigenvalue weighted by Gasteiger charge is 2.25. The molecule has 0 saturated heterocycles. The van der Waals surface area contributed by atoms with Crippen molar-refractivity contribution in [2.45, 2.75) is 18.9 Å². The van der Waals surface area contributed by atoms with E-state index in [0.717, 1.165) is 12.0 Å². The van der Waals surface area contributed by atoms with Gasteiger partial charge in [-0.1, -0.05) is 30.3 Å². The molecule has 0 saturated carbocycles. The first-order chi connectivity index (χ1) is 7.79. The van der Waals surface area contributed by atoms with Crippen molar-refractivity contribution in [1.82, 2.24) is 0 Å². The molecule has 0 amide bonds. The Kier molecular flexibility index (Phi) is 3.37. The normalized spacial score (nSPS) is 19.4. The van der Waals surface area contributed by atoms with Crippen LogP contribution in [0.5, 0.6) is 0 Å². The maximum atomic E-state index is 11.2. The van der Waals surface area contributed by atoms with Crippen LogP contribution in [0, 0.1) is 0 Å². The zero-order valence-corrected chi connectivity index (χ0v) is 9.06. The number of cyclic esters (lactones) is 1. The zero-order valence-electron chi connectivity index (χ0n) is 9.06. The van der Waals surface area contributed by atoms with E-state index in [-0.39, 0.29) is 12.1 Å². The molecular weight excluding hydrogens is 202 g/mol. The van der Waals surface area contributed by atoms with Gasteiger partial charge in [0.15, 0.2) is 0 Å². The molecule has 0 aliphatic carbocycles. The number of nitrogens with two attached hydrogens (primary N) is 1. The molecule has 1 unspecified atom stereocenters. The molecule has 1 aromatic rings. The van der Waals surface area contributed by atoms with Crippen LogP contribution in [0.1, 0.15) is 12.0 Å². The van der Waals surface area contributed by atoms with Crippen molar-refractivity contribution in [3.63, 3.8) is 0 Å². The van der Waals surface area contributed by atoms with E-state index in [1.54, 1.807) is 6.08 Å². The van der Waals surface area contributed by atoms with Crippen LogP contribution in [0.2, 0.25) is 0 Å². The third-order valence-electron chi connectivity index (χ3n) is 2.66. The van der Waals surface area contributed by atoms with E-state index in [9.17, 15) is 4.79 Å². The summed E-state index contributed by atoms with van der Waals surface area (Å²) in [5.74, 6) is -0.246. The van der Waals surface area contributed by atoms with Gasteiger partial charge in [0.05, 0.1) is 0 Å². The second kappa shape index (κ2) is 4.94. The van der Waals surface area contributed by atoms with Gasteiger partial charge in [-0.2, -0.15) is 0 Å². The molecule has 3 heteroatoms. The summed E-state index contributed by atoms with van der Waals surface area (Å²) in [6.45, 7) is 0.532. The fourth-order valence-corrected chi connectivity index (χ4v) is 1.89. The van der Waals surface area contributed by atoms with Crippen molar-refractivity contribution >= 4 is 5.97 Å². The first kappa shape index (κ1) is 10.9. The minimum Gasteiger partial charge on any atom is -0.455 e. The lowest BCUT2D eigenvalue weighted by Gasteiger charge is -2.13. The van der Waals surface area contributed by atoms with Crippen molar-refractivity contribution in [2.75, 3.05) is 6.54 Å². The SMILES string of the molecule is NCCC1OC(=O)C=C1Cc1ccccc1. The van der Waals surface area contributed by atoms with Crippen LogP contribution < -0.4 is 5.73 Å². The quantitative estimate of drug-likeness (QED) is 0.776. The molecule has 0 radical (unpaired) electrons. The first-order valence-corrected chi connectivity index (χ1v) is 5.44. The molecule has 16 heavy (non-hydrogen) atoms. The Morgan fingerprint density at radius 3 is 2.69 bits per heavy atom. The molecule has 0 bridgehead atoms. The summed E-state index contributed by atoms with van der Waals surface area (Å²) in [5.41, 5.74) is 7.71. The highest BCUT2D eigenvalue weighted by Crippen LogP contribution is 2.22. The van der Waals surface area contributed by atoms with E-state index >= 15 is 0 Å². The van der Waals surface area contributed by atoms with Gasteiger partial charge in [-0.05, 0) is 24.1 Å². The molecular formula is C13H15NO2. The smallest absolute Gasteiger partial charge is 0.331 e. The number of hydrogen-bond donors (Lipinski definition) is 1. The van der Waals surface area contributed by atoms with Gasteiger partial charge in [-0.3, -0.25) is 0 Å². The third kappa shape index (κ3) is 2.49. The average Bonchev–Trinajstić information content (AvgIpc) is 2.61. The predicted octanol–water partition coefficient (Wildman–Crippen LogP) is 1.43. The predicted molar refractivity (Wildman–Crippen MR) is 61.8 cm³/mol. The second-order valence-electron chi connectivity index (χ2n) is 3.88. The van der Waals surface area contributed by atoms with Crippen molar-refractivity contribution < 1.29 is 9.53 Å². The van der Waals surface area contributed by atoms with Crippen LogP contribution >= 0.6 is 0 Å². The fraction of sp³-hybridized carbons (Fsp3) is 0.308. The Morgan fingerprint density at radius 1 is 1.25 bits per heavy atom.